The van der Waals surface area contributed by atoms with Crippen LogP contribution in [-0.4, -0.2) is 28.5 Å². The molecule has 0 atom stereocenters. The number of rotatable bonds is 7. The number of aromatic nitrogens is 6. The molecule has 0 radical (unpaired) electrons. The van der Waals surface area contributed by atoms with E-state index in [0.29, 0.717) is 17.1 Å². The number of fused-ring (bicyclic) bond motifs is 10. The summed E-state index contributed by atoms with van der Waals surface area (Å²) in [6.07, 6.45) is 7.78. The Morgan fingerprint density at radius 3 is 2.12 bits per heavy atom. The predicted molar refractivity (Wildman–Crippen MR) is 233 cm³/mol. The molecule has 0 saturated heterocycles. The van der Waals surface area contributed by atoms with E-state index in [1.807, 2.05) is 55.5 Å². The van der Waals surface area contributed by atoms with Crippen molar-refractivity contribution in [2.45, 2.75) is 6.92 Å². The third-order valence-electron chi connectivity index (χ3n) is 10.8. The molecule has 0 N–H and O–H groups in total. The summed E-state index contributed by atoms with van der Waals surface area (Å²) in [4.78, 5) is 15.6. The molecule has 11 rings (SSSR count). The van der Waals surface area contributed by atoms with E-state index in [-0.39, 0.29) is 0 Å². The van der Waals surface area contributed by atoms with Gasteiger partial charge in [-0.25, -0.2) is 15.0 Å². The topological polar surface area (TPSA) is 66.1 Å². The predicted octanol–water partition coefficient (Wildman–Crippen LogP) is 12.5. The average Bonchev–Trinajstić information content (AvgIpc) is 4.01. The molecule has 5 heterocycles. The fourth-order valence-corrected chi connectivity index (χ4v) is 8.20. The molecule has 0 unspecified atom stereocenters. The van der Waals surface area contributed by atoms with Gasteiger partial charge in [0.05, 0.1) is 16.6 Å². The lowest BCUT2D eigenvalue weighted by Gasteiger charge is -2.09. The number of para-hydroxylation sites is 4. The van der Waals surface area contributed by atoms with Crippen molar-refractivity contribution in [2.24, 2.45) is 0 Å². The SMILES string of the molecule is C=C/C(=C\C=C/C)c1nc(-c2cccc(-c3ccc4c(c3)nc3n(-c5ccccc5)c5c6ccccc6n(-c6ccccc6)c5n43)c2)nc2c1oc1ccccc12. The van der Waals surface area contributed by atoms with Crippen LogP contribution < -0.4 is 0 Å². The van der Waals surface area contributed by atoms with Crippen molar-refractivity contribution in [3.05, 3.63) is 188 Å². The van der Waals surface area contributed by atoms with E-state index in [0.717, 1.165) is 89.0 Å². The fourth-order valence-electron chi connectivity index (χ4n) is 8.20. The summed E-state index contributed by atoms with van der Waals surface area (Å²) in [5, 5.41) is 2.11. The first-order valence-electron chi connectivity index (χ1n) is 19.0. The lowest BCUT2D eigenvalue weighted by atomic mass is 10.0. The normalized spacial score (nSPS) is 12.4. The first kappa shape index (κ1) is 32.6. The Balaban J connectivity index is 1.12. The highest BCUT2D eigenvalue weighted by Crippen LogP contribution is 2.39. The van der Waals surface area contributed by atoms with E-state index in [2.05, 4.69) is 148 Å². The molecular formula is C50H34N6O. The van der Waals surface area contributed by atoms with Crippen LogP contribution >= 0.6 is 0 Å². The van der Waals surface area contributed by atoms with E-state index in [1.54, 1.807) is 0 Å². The van der Waals surface area contributed by atoms with Crippen LogP contribution in [0.15, 0.2) is 187 Å². The highest BCUT2D eigenvalue weighted by molar-refractivity contribution is 6.10. The molecule has 7 nitrogen and oxygen atoms in total. The molecule has 0 aliphatic carbocycles. The van der Waals surface area contributed by atoms with Gasteiger partial charge in [0.25, 0.3) is 0 Å². The molecule has 57 heavy (non-hydrogen) atoms. The van der Waals surface area contributed by atoms with E-state index in [9.17, 15) is 0 Å². The number of hydrogen-bond donors (Lipinski definition) is 0. The number of furan rings is 1. The lowest BCUT2D eigenvalue weighted by molar-refractivity contribution is 0.664. The Morgan fingerprint density at radius 1 is 0.632 bits per heavy atom. The van der Waals surface area contributed by atoms with Gasteiger partial charge in [0.1, 0.15) is 22.3 Å². The minimum atomic E-state index is 0.612. The summed E-state index contributed by atoms with van der Waals surface area (Å²) in [5.41, 5.74) is 14.1. The number of benzene rings is 6. The van der Waals surface area contributed by atoms with Gasteiger partial charge in [-0.1, -0.05) is 122 Å². The Morgan fingerprint density at radius 2 is 1.33 bits per heavy atom. The first-order valence-corrected chi connectivity index (χ1v) is 19.0. The molecule has 0 amide bonds. The van der Waals surface area contributed by atoms with Crippen LogP contribution in [0.2, 0.25) is 0 Å². The quantitative estimate of drug-likeness (QED) is 0.153. The second-order valence-electron chi connectivity index (χ2n) is 14.1. The highest BCUT2D eigenvalue weighted by atomic mass is 16.3. The summed E-state index contributed by atoms with van der Waals surface area (Å²) in [5.74, 6) is 1.47. The summed E-state index contributed by atoms with van der Waals surface area (Å²) < 4.78 is 13.3. The molecule has 0 aliphatic heterocycles. The van der Waals surface area contributed by atoms with Gasteiger partial charge < -0.3 is 4.42 Å². The van der Waals surface area contributed by atoms with Crippen molar-refractivity contribution < 1.29 is 4.42 Å². The zero-order valence-corrected chi connectivity index (χ0v) is 31.0. The third-order valence-corrected chi connectivity index (χ3v) is 10.8. The molecule has 5 aromatic heterocycles. The lowest BCUT2D eigenvalue weighted by Crippen LogP contribution is -1.97. The van der Waals surface area contributed by atoms with Crippen LogP contribution in [0, 0.1) is 0 Å². The molecular weight excluding hydrogens is 701 g/mol. The van der Waals surface area contributed by atoms with Crippen molar-refractivity contribution >= 4 is 66.5 Å². The highest BCUT2D eigenvalue weighted by Gasteiger charge is 2.25. The molecule has 270 valence electrons. The number of nitrogens with zero attached hydrogens (tertiary/aromatic N) is 6. The van der Waals surface area contributed by atoms with Crippen molar-refractivity contribution in [2.75, 3.05) is 0 Å². The summed E-state index contributed by atoms with van der Waals surface area (Å²) in [7, 11) is 0. The number of allylic oxidation sites excluding steroid dienone is 5. The van der Waals surface area contributed by atoms with Gasteiger partial charge in [0.15, 0.2) is 17.1 Å². The zero-order chi connectivity index (χ0) is 38.0. The summed E-state index contributed by atoms with van der Waals surface area (Å²) >= 11 is 0. The van der Waals surface area contributed by atoms with Crippen molar-refractivity contribution in [1.29, 1.82) is 0 Å². The average molecular weight is 735 g/mol. The second kappa shape index (κ2) is 12.9. The van der Waals surface area contributed by atoms with Gasteiger partial charge in [0.2, 0.25) is 5.78 Å². The summed E-state index contributed by atoms with van der Waals surface area (Å²) in [6.45, 7) is 6.09. The Kier molecular flexibility index (Phi) is 7.40. The van der Waals surface area contributed by atoms with E-state index < -0.39 is 0 Å². The van der Waals surface area contributed by atoms with Crippen LogP contribution in [0.5, 0.6) is 0 Å². The molecule has 11 aromatic rings. The van der Waals surface area contributed by atoms with Crippen molar-refractivity contribution in [1.82, 2.24) is 28.5 Å². The minimum absolute atomic E-state index is 0.612. The third kappa shape index (κ3) is 5.02. The van der Waals surface area contributed by atoms with Crippen LogP contribution in [-0.2, 0) is 0 Å². The number of hydrogen-bond acceptors (Lipinski definition) is 4. The molecule has 0 fully saturated rings. The fraction of sp³-hybridized carbons (Fsp3) is 0.0200. The van der Waals surface area contributed by atoms with E-state index in [1.165, 1.54) is 0 Å². The van der Waals surface area contributed by atoms with Gasteiger partial charge >= 0.3 is 0 Å². The monoisotopic (exact) mass is 734 g/mol. The zero-order valence-electron chi connectivity index (χ0n) is 31.0. The Labute approximate surface area is 327 Å². The molecule has 7 heteroatoms. The van der Waals surface area contributed by atoms with Gasteiger partial charge in [-0.15, -0.1) is 0 Å². The molecule has 0 spiro atoms. The summed E-state index contributed by atoms with van der Waals surface area (Å²) in [6, 6.07) is 52.7. The molecule has 0 aliphatic rings. The molecule has 0 bridgehead atoms. The Bertz CT molecular complexity index is 3430. The van der Waals surface area contributed by atoms with Crippen LogP contribution in [0.1, 0.15) is 12.6 Å². The maximum atomic E-state index is 6.35. The van der Waals surface area contributed by atoms with Crippen molar-refractivity contribution in [3.8, 4) is 33.9 Å². The standard InChI is InChI=1S/C50H34N6O/c1-3-5-17-32(4-2)44-47-45(39-25-13-15-27-43(39)57-47)53-48(52-44)35-19-16-18-33(30-35)34-28-29-42-40(31-34)51-50-55(37-22-10-7-11-23-37)46-38-24-12-14-26-41(38)54(49(46)56(42)50)36-20-8-6-9-21-36/h3-31H,2H2,1H3/b5-3-,32-17+. The largest absolute Gasteiger partial charge is 0.452 e. The van der Waals surface area contributed by atoms with Crippen LogP contribution in [0.4, 0.5) is 0 Å². The van der Waals surface area contributed by atoms with E-state index in [4.69, 9.17) is 19.4 Å². The Hall–Kier alpha value is -7.77. The smallest absolute Gasteiger partial charge is 0.221 e. The first-order chi connectivity index (χ1) is 28.2. The van der Waals surface area contributed by atoms with Gasteiger partial charge in [-0.3, -0.25) is 13.5 Å². The molecule has 6 aromatic carbocycles. The molecule has 0 saturated carbocycles. The van der Waals surface area contributed by atoms with E-state index >= 15 is 0 Å². The van der Waals surface area contributed by atoms with Crippen LogP contribution in [0.3, 0.4) is 0 Å². The minimum Gasteiger partial charge on any atom is -0.452 e. The second-order valence-corrected chi connectivity index (χ2v) is 14.1. The maximum absolute atomic E-state index is 6.35. The van der Waals surface area contributed by atoms with Gasteiger partial charge in [-0.05, 0) is 78.7 Å². The number of imidazole rings is 2. The van der Waals surface area contributed by atoms with Crippen LogP contribution in [0.25, 0.3) is 100 Å². The maximum Gasteiger partial charge on any atom is 0.221 e. The van der Waals surface area contributed by atoms with Gasteiger partial charge in [-0.2, -0.15) is 0 Å². The van der Waals surface area contributed by atoms with Crippen molar-refractivity contribution in [3.63, 3.8) is 0 Å². The van der Waals surface area contributed by atoms with Gasteiger partial charge in [0, 0.05) is 33.3 Å².